The molecule has 2 atom stereocenters. The van der Waals surface area contributed by atoms with Crippen molar-refractivity contribution >= 4 is 0 Å². The topological polar surface area (TPSA) is 35.2 Å². The smallest absolute Gasteiger partial charge is 0.122 e. The predicted molar refractivity (Wildman–Crippen MR) is 68.9 cm³/mol. The van der Waals surface area contributed by atoms with E-state index in [1.54, 1.807) is 7.11 Å². The molecule has 0 saturated heterocycles. The second kappa shape index (κ2) is 6.54. The van der Waals surface area contributed by atoms with Gasteiger partial charge in [0.05, 0.1) is 7.11 Å². The summed E-state index contributed by atoms with van der Waals surface area (Å²) in [6, 6.07) is 8.56. The minimum Gasteiger partial charge on any atom is -0.496 e. The van der Waals surface area contributed by atoms with Crippen molar-refractivity contribution in [2.45, 2.75) is 45.1 Å². The lowest BCUT2D eigenvalue weighted by atomic mass is 9.90. The lowest BCUT2D eigenvalue weighted by Crippen LogP contribution is -2.16. The molecule has 2 unspecified atom stereocenters. The van der Waals surface area contributed by atoms with Gasteiger partial charge in [-0.15, -0.1) is 0 Å². The van der Waals surface area contributed by atoms with Crippen molar-refractivity contribution in [3.63, 3.8) is 0 Å². The molecule has 0 aliphatic heterocycles. The highest BCUT2D eigenvalue weighted by Gasteiger charge is 2.14. The van der Waals surface area contributed by atoms with Crippen molar-refractivity contribution in [2.24, 2.45) is 5.73 Å². The molecule has 2 heteroatoms. The first-order chi connectivity index (χ1) is 7.69. The summed E-state index contributed by atoms with van der Waals surface area (Å²) in [5.41, 5.74) is 7.13. The molecule has 0 spiro atoms. The Morgan fingerprint density at radius 2 is 1.94 bits per heavy atom. The fraction of sp³-hybridized carbons (Fsp3) is 0.571. The molecule has 16 heavy (non-hydrogen) atoms. The van der Waals surface area contributed by atoms with E-state index in [2.05, 4.69) is 26.0 Å². The van der Waals surface area contributed by atoms with Crippen LogP contribution >= 0.6 is 0 Å². The van der Waals surface area contributed by atoms with Crippen molar-refractivity contribution in [2.75, 3.05) is 7.11 Å². The maximum Gasteiger partial charge on any atom is 0.122 e. The number of hydrogen-bond donors (Lipinski definition) is 1. The van der Waals surface area contributed by atoms with Gasteiger partial charge in [-0.1, -0.05) is 25.1 Å². The molecule has 2 N–H and O–H groups in total. The Hall–Kier alpha value is -1.02. The molecule has 2 nitrogen and oxygen atoms in total. The lowest BCUT2D eigenvalue weighted by Gasteiger charge is -2.19. The van der Waals surface area contributed by atoms with Gasteiger partial charge in [-0.05, 0) is 43.7 Å². The molecule has 0 fully saturated rings. The molecule has 1 aromatic rings. The van der Waals surface area contributed by atoms with Crippen molar-refractivity contribution in [3.05, 3.63) is 29.8 Å². The second-order valence-electron chi connectivity index (χ2n) is 4.40. The molecule has 0 saturated carbocycles. The van der Waals surface area contributed by atoms with Crippen LogP contribution < -0.4 is 10.5 Å². The summed E-state index contributed by atoms with van der Waals surface area (Å²) in [5.74, 6) is 1.56. The minimum absolute atomic E-state index is 0.281. The third-order valence-electron chi connectivity index (χ3n) is 3.04. The first-order valence-corrected chi connectivity index (χ1v) is 6.07. The second-order valence-corrected chi connectivity index (χ2v) is 4.40. The van der Waals surface area contributed by atoms with E-state index < -0.39 is 0 Å². The average molecular weight is 221 g/mol. The molecule has 0 amide bonds. The standard InChI is InChI=1S/C14H23NO/c1-4-12(10-9-11(2)15)13-7-5-6-8-14(13)16-3/h5-8,11-12H,4,9-10,15H2,1-3H3. The van der Waals surface area contributed by atoms with Crippen LogP contribution in [0.5, 0.6) is 5.75 Å². The number of methoxy groups -OCH3 is 1. The van der Waals surface area contributed by atoms with Gasteiger partial charge in [-0.3, -0.25) is 0 Å². The molecule has 0 aliphatic rings. The third-order valence-corrected chi connectivity index (χ3v) is 3.04. The van der Waals surface area contributed by atoms with Gasteiger partial charge >= 0.3 is 0 Å². The zero-order valence-electron chi connectivity index (χ0n) is 10.6. The molecule has 0 bridgehead atoms. The van der Waals surface area contributed by atoms with Crippen LogP contribution in [0.1, 0.15) is 44.6 Å². The highest BCUT2D eigenvalue weighted by atomic mass is 16.5. The van der Waals surface area contributed by atoms with E-state index in [4.69, 9.17) is 10.5 Å². The largest absolute Gasteiger partial charge is 0.496 e. The van der Waals surface area contributed by atoms with Gasteiger partial charge in [0.1, 0.15) is 5.75 Å². The number of para-hydroxylation sites is 1. The summed E-state index contributed by atoms with van der Waals surface area (Å²) < 4.78 is 5.40. The summed E-state index contributed by atoms with van der Waals surface area (Å²) in [6.45, 7) is 4.28. The molecule has 0 aromatic heterocycles. The maximum absolute atomic E-state index is 5.81. The number of rotatable bonds is 6. The Labute approximate surface area is 98.8 Å². The Morgan fingerprint density at radius 1 is 1.25 bits per heavy atom. The van der Waals surface area contributed by atoms with E-state index in [0.29, 0.717) is 5.92 Å². The normalized spacial score (nSPS) is 14.5. The summed E-state index contributed by atoms with van der Waals surface area (Å²) >= 11 is 0. The molecular weight excluding hydrogens is 198 g/mol. The fourth-order valence-corrected chi connectivity index (χ4v) is 2.05. The van der Waals surface area contributed by atoms with Gasteiger partial charge in [-0.2, -0.15) is 0 Å². The van der Waals surface area contributed by atoms with E-state index >= 15 is 0 Å². The average Bonchev–Trinajstić information content (AvgIpc) is 2.30. The highest BCUT2D eigenvalue weighted by Crippen LogP contribution is 2.32. The van der Waals surface area contributed by atoms with E-state index in [9.17, 15) is 0 Å². The number of ether oxygens (including phenoxy) is 1. The Morgan fingerprint density at radius 3 is 2.50 bits per heavy atom. The molecule has 90 valence electrons. The van der Waals surface area contributed by atoms with Crippen molar-refractivity contribution in [1.82, 2.24) is 0 Å². The van der Waals surface area contributed by atoms with Crippen LogP contribution in [0.15, 0.2) is 24.3 Å². The summed E-state index contributed by atoms with van der Waals surface area (Å²) in [7, 11) is 1.73. The number of benzene rings is 1. The Bertz CT molecular complexity index is 309. The molecule has 0 aliphatic carbocycles. The molecule has 1 aromatic carbocycles. The molecule has 1 rings (SSSR count). The van der Waals surface area contributed by atoms with E-state index in [1.165, 1.54) is 5.56 Å². The summed E-state index contributed by atoms with van der Waals surface area (Å²) in [6.07, 6.45) is 3.33. The predicted octanol–water partition coefficient (Wildman–Crippen LogP) is 3.32. The Kier molecular flexibility index (Phi) is 5.33. The monoisotopic (exact) mass is 221 g/mol. The first-order valence-electron chi connectivity index (χ1n) is 6.07. The van der Waals surface area contributed by atoms with Gasteiger partial charge in [0.2, 0.25) is 0 Å². The quantitative estimate of drug-likeness (QED) is 0.799. The molecular formula is C14H23NO. The van der Waals surface area contributed by atoms with Gasteiger partial charge < -0.3 is 10.5 Å². The first kappa shape index (κ1) is 13.0. The van der Waals surface area contributed by atoms with E-state index in [1.807, 2.05) is 12.1 Å². The summed E-state index contributed by atoms with van der Waals surface area (Å²) in [4.78, 5) is 0. The van der Waals surface area contributed by atoms with Crippen LogP contribution in [0, 0.1) is 0 Å². The zero-order valence-corrected chi connectivity index (χ0v) is 10.6. The van der Waals surface area contributed by atoms with Crippen LogP contribution in [0.25, 0.3) is 0 Å². The van der Waals surface area contributed by atoms with Crippen molar-refractivity contribution in [3.8, 4) is 5.75 Å². The highest BCUT2D eigenvalue weighted by molar-refractivity contribution is 5.36. The van der Waals surface area contributed by atoms with Crippen LogP contribution in [0.2, 0.25) is 0 Å². The minimum atomic E-state index is 0.281. The van der Waals surface area contributed by atoms with Crippen molar-refractivity contribution < 1.29 is 4.74 Å². The van der Waals surface area contributed by atoms with Gasteiger partial charge in [0.15, 0.2) is 0 Å². The lowest BCUT2D eigenvalue weighted by molar-refractivity contribution is 0.400. The van der Waals surface area contributed by atoms with E-state index in [-0.39, 0.29) is 6.04 Å². The van der Waals surface area contributed by atoms with Gasteiger partial charge in [-0.25, -0.2) is 0 Å². The fourth-order valence-electron chi connectivity index (χ4n) is 2.05. The molecule has 0 heterocycles. The van der Waals surface area contributed by atoms with Crippen LogP contribution in [-0.2, 0) is 0 Å². The van der Waals surface area contributed by atoms with Crippen LogP contribution in [0.3, 0.4) is 0 Å². The van der Waals surface area contributed by atoms with Gasteiger partial charge in [0.25, 0.3) is 0 Å². The van der Waals surface area contributed by atoms with Crippen LogP contribution in [0.4, 0.5) is 0 Å². The van der Waals surface area contributed by atoms with Crippen LogP contribution in [-0.4, -0.2) is 13.2 Å². The maximum atomic E-state index is 5.81. The van der Waals surface area contributed by atoms with Crippen molar-refractivity contribution in [1.29, 1.82) is 0 Å². The Balaban J connectivity index is 2.77. The molecule has 0 radical (unpaired) electrons. The summed E-state index contributed by atoms with van der Waals surface area (Å²) in [5, 5.41) is 0. The SMILES string of the molecule is CCC(CCC(C)N)c1ccccc1OC. The third kappa shape index (κ3) is 3.53. The zero-order chi connectivity index (χ0) is 12.0. The van der Waals surface area contributed by atoms with E-state index in [0.717, 1.165) is 25.0 Å². The van der Waals surface area contributed by atoms with Gasteiger partial charge in [0, 0.05) is 6.04 Å². The number of nitrogens with two attached hydrogens (primary N) is 1. The number of hydrogen-bond acceptors (Lipinski definition) is 2.